The van der Waals surface area contributed by atoms with Gasteiger partial charge in [-0.1, -0.05) is 12.1 Å². The summed E-state index contributed by atoms with van der Waals surface area (Å²) in [5, 5.41) is 29.6. The Morgan fingerprint density at radius 3 is 1.34 bits per heavy atom. The van der Waals surface area contributed by atoms with E-state index in [-0.39, 0.29) is 102 Å². The van der Waals surface area contributed by atoms with Gasteiger partial charge in [-0.05, 0) is 88.3 Å². The summed E-state index contributed by atoms with van der Waals surface area (Å²) >= 11 is 0. The molecule has 10 N–H and O–H groups in total. The maximum atomic E-state index is 15.0. The number of carbonyl (C=O) groups is 11. The van der Waals surface area contributed by atoms with Crippen molar-refractivity contribution >= 4 is 65.0 Å². The number of aromatic hydroxyl groups is 1. The molecule has 0 radical (unpaired) electrons. The van der Waals surface area contributed by atoms with Crippen molar-refractivity contribution in [3.05, 3.63) is 29.8 Å². The molecule has 11 atom stereocenters. The van der Waals surface area contributed by atoms with E-state index in [0.29, 0.717) is 5.56 Å². The molecule has 10 heterocycles. The first kappa shape index (κ1) is 43.7. The number of carbonyl (C=O) groups excluding carboxylic acids is 11. The number of nitrogens with one attached hydrogen (secondary N) is 7. The van der Waals surface area contributed by atoms with Crippen molar-refractivity contribution in [2.75, 3.05) is 32.7 Å². The van der Waals surface area contributed by atoms with Crippen LogP contribution in [0.4, 0.5) is 4.79 Å². The second kappa shape index (κ2) is 14.8. The molecule has 10 aliphatic rings. The van der Waals surface area contributed by atoms with Crippen molar-refractivity contribution < 1.29 is 57.8 Å². The average molecular weight is 941 g/mol. The van der Waals surface area contributed by atoms with E-state index < -0.39 is 136 Å². The summed E-state index contributed by atoms with van der Waals surface area (Å²) in [6.45, 7) is -1.54. The number of nitrogens with two attached hydrogens (primary N) is 1. The number of hydrogen-bond acceptors (Lipinski definition) is 13. The van der Waals surface area contributed by atoms with Crippen LogP contribution in [0.2, 0.25) is 0 Å². The first-order valence-corrected chi connectivity index (χ1v) is 23.3. The number of fused-ring (bicyclic) bond motifs is 4. The lowest BCUT2D eigenvalue weighted by atomic mass is 9.72. The van der Waals surface area contributed by atoms with Crippen LogP contribution in [-0.2, 0) is 54.4 Å². The predicted octanol–water partition coefficient (Wildman–Crippen LogP) is -5.40. The zero-order valence-corrected chi connectivity index (χ0v) is 36.9. The van der Waals surface area contributed by atoms with Crippen LogP contribution in [0.5, 0.6) is 5.75 Å². The molecule has 0 aliphatic carbocycles. The van der Waals surface area contributed by atoms with Crippen LogP contribution in [0, 0.1) is 0 Å². The highest BCUT2D eigenvalue weighted by molar-refractivity contribution is 6.08. The first-order chi connectivity index (χ1) is 32.3. The zero-order chi connectivity index (χ0) is 47.9. The molecule has 24 heteroatoms. The highest BCUT2D eigenvalue weighted by atomic mass is 16.3. The van der Waals surface area contributed by atoms with Crippen molar-refractivity contribution in [3.8, 4) is 5.75 Å². The van der Waals surface area contributed by atoms with E-state index in [4.69, 9.17) is 5.73 Å². The number of benzene rings is 1. The van der Waals surface area contributed by atoms with Gasteiger partial charge in [0, 0.05) is 6.54 Å². The molecule has 11 amide bonds. The lowest BCUT2D eigenvalue weighted by Crippen LogP contribution is -2.85. The van der Waals surface area contributed by atoms with Gasteiger partial charge in [-0.25, -0.2) is 4.79 Å². The van der Waals surface area contributed by atoms with Crippen molar-refractivity contribution in [2.24, 2.45) is 5.73 Å². The fourth-order valence-corrected chi connectivity index (χ4v) is 13.0. The Morgan fingerprint density at radius 2 is 0.926 bits per heavy atom. The van der Waals surface area contributed by atoms with E-state index in [9.17, 15) is 53.1 Å². The largest absolute Gasteiger partial charge is 0.508 e. The van der Waals surface area contributed by atoms with Gasteiger partial charge in [0.05, 0.1) is 38.3 Å². The maximum Gasteiger partial charge on any atom is 0.316 e. The molecule has 0 unspecified atom stereocenters. The minimum atomic E-state index is -1.73. The van der Waals surface area contributed by atoms with Crippen molar-refractivity contribution in [1.29, 1.82) is 0 Å². The average Bonchev–Trinajstić information content (AvgIpc) is 3.31. The van der Waals surface area contributed by atoms with Crippen LogP contribution in [-0.4, -0.2) is 186 Å². The van der Waals surface area contributed by atoms with Crippen LogP contribution < -0.4 is 43.0 Å². The molecule has 1 aromatic carbocycles. The molecule has 11 rings (SSSR count). The molecular formula is C44H52N12O12. The van der Waals surface area contributed by atoms with E-state index in [1.165, 1.54) is 31.7 Å². The number of phenolic OH excluding ortho intramolecular Hbond substituents is 1. The minimum Gasteiger partial charge on any atom is -0.508 e. The summed E-state index contributed by atoms with van der Waals surface area (Å²) in [5.74, 6) is -5.20. The Bertz CT molecular complexity index is 2530. The number of rotatable bonds is 3. The summed E-state index contributed by atoms with van der Waals surface area (Å²) in [6, 6.07) is -0.0361. The summed E-state index contributed by atoms with van der Waals surface area (Å²) in [5.41, 5.74) is -1.90. The molecule has 360 valence electrons. The van der Waals surface area contributed by atoms with Gasteiger partial charge in [-0.2, -0.15) is 0 Å². The molecule has 0 saturated carbocycles. The van der Waals surface area contributed by atoms with Crippen LogP contribution in [0.15, 0.2) is 24.3 Å². The third-order valence-electron chi connectivity index (χ3n) is 16.7. The van der Waals surface area contributed by atoms with Crippen LogP contribution in [0.3, 0.4) is 0 Å². The first-order valence-electron chi connectivity index (χ1n) is 23.3. The smallest absolute Gasteiger partial charge is 0.316 e. The van der Waals surface area contributed by atoms with Gasteiger partial charge in [0.2, 0.25) is 35.4 Å². The molecule has 10 saturated heterocycles. The summed E-state index contributed by atoms with van der Waals surface area (Å²) in [6.07, 6.45) is 0.442. The van der Waals surface area contributed by atoms with Crippen LogP contribution >= 0.6 is 0 Å². The monoisotopic (exact) mass is 940 g/mol. The van der Waals surface area contributed by atoms with Gasteiger partial charge in [0.25, 0.3) is 17.7 Å². The number of urea groups is 1. The third kappa shape index (κ3) is 6.30. The Hall–Kier alpha value is -6.85. The van der Waals surface area contributed by atoms with Gasteiger partial charge in [0.1, 0.15) is 57.6 Å². The van der Waals surface area contributed by atoms with Crippen molar-refractivity contribution in [1.82, 2.24) is 56.8 Å². The third-order valence-corrected chi connectivity index (χ3v) is 16.7. The fraction of sp³-hybridized carbons (Fsp3) is 0.614. The van der Waals surface area contributed by atoms with Crippen molar-refractivity contribution in [2.45, 2.75) is 135 Å². The molecule has 0 aromatic heterocycles. The van der Waals surface area contributed by atoms with Gasteiger partial charge >= 0.3 is 6.03 Å². The van der Waals surface area contributed by atoms with Gasteiger partial charge in [0.15, 0.2) is 5.78 Å². The molecule has 0 bridgehead atoms. The number of hydrogen-bond donors (Lipinski definition) is 9. The lowest BCUT2D eigenvalue weighted by molar-refractivity contribution is -0.178. The van der Waals surface area contributed by atoms with Gasteiger partial charge in [-0.3, -0.25) is 47.9 Å². The van der Waals surface area contributed by atoms with E-state index in [0.717, 1.165) is 0 Å². The number of Topliss-reactive ketones (excluding diaryl/α,β-unsaturated/α-hetero) is 1. The number of ketones is 1. The molecule has 68 heavy (non-hydrogen) atoms. The Kier molecular flexibility index (Phi) is 9.53. The van der Waals surface area contributed by atoms with Crippen molar-refractivity contribution in [3.63, 3.8) is 0 Å². The fourth-order valence-electron chi connectivity index (χ4n) is 13.0. The Labute approximate surface area is 387 Å². The number of nitrogens with zero attached hydrogens (tertiary/aromatic N) is 4. The zero-order valence-electron chi connectivity index (χ0n) is 36.9. The maximum absolute atomic E-state index is 15.0. The number of piperidine rings is 5. The van der Waals surface area contributed by atoms with E-state index >= 15 is 4.79 Å². The molecule has 1 aromatic rings. The standard InChI is InChI=1S/C44H52N12O12/c45-30(59)23-5-10-40(16-46-23)35(64)54-18-42(12-7-26(54)31(60)48-40)37(66)56-20-44(14-9-28(56)33(62)50-42)38(67)55-19-43(13-8-27(55)34(63)51-44)36(65)53-17-41(11-6-25(53)32(61)49-43)29(58)24(47-39(68)52-41)15-21-1-3-22(57)4-2-21/h1-4,23-28,46,57H,5-20H2,(H2,45,59)(H,48,60)(H,49,61)(H,50,62)(H,51,63)(H2,47,52,68)/t23-,24-,25-,26-,27-,28-,40-,41-,42-,43-,44-/m0/s1. The minimum absolute atomic E-state index is 0.00681. The van der Waals surface area contributed by atoms with E-state index in [1.54, 1.807) is 12.1 Å². The highest BCUT2D eigenvalue weighted by Gasteiger charge is 2.67. The normalized spacial score (nSPS) is 39.9. The highest BCUT2D eigenvalue weighted by Crippen LogP contribution is 2.43. The number of phenols is 1. The Morgan fingerprint density at radius 1 is 0.544 bits per heavy atom. The SMILES string of the molecule is NC(=O)[C@@H]1CC[C@@]2(CN1)NC(=O)[C@@H]1CC[C@@]3(CN1C2=O)NC(=O)[C@@H]1CC[C@@]2(CN1C3=O)NC(=O)[C@@H]1CC[C@@]3(CN1C2=O)NC(=O)[C@@H]1CC[C@@]2(CN1C3=O)NC(=O)N[C@@H](Cc1ccc(O)cc1)C2=O. The van der Waals surface area contributed by atoms with Crippen LogP contribution in [0.1, 0.15) is 69.8 Å². The van der Waals surface area contributed by atoms with Gasteiger partial charge < -0.3 is 67.7 Å². The second-order valence-corrected chi connectivity index (χ2v) is 20.6. The molecular weight excluding hydrogens is 889 g/mol. The van der Waals surface area contributed by atoms with E-state index in [2.05, 4.69) is 37.2 Å². The molecule has 5 spiro atoms. The second-order valence-electron chi connectivity index (χ2n) is 20.6. The number of primary amides is 1. The summed E-state index contributed by atoms with van der Waals surface area (Å²) in [4.78, 5) is 159. The molecule has 10 fully saturated rings. The lowest BCUT2D eigenvalue weighted by Gasteiger charge is -2.59. The van der Waals surface area contributed by atoms with Gasteiger partial charge in [-0.15, -0.1) is 0 Å². The number of amides is 11. The predicted molar refractivity (Wildman–Crippen MR) is 228 cm³/mol. The summed E-state index contributed by atoms with van der Waals surface area (Å²) in [7, 11) is 0. The Balaban J connectivity index is 0.826. The number of piperazine rings is 4. The van der Waals surface area contributed by atoms with E-state index in [1.807, 2.05) is 0 Å². The molecule has 10 aliphatic heterocycles. The summed E-state index contributed by atoms with van der Waals surface area (Å²) < 4.78 is 0. The van der Waals surface area contributed by atoms with Crippen LogP contribution in [0.25, 0.3) is 0 Å². The molecule has 24 nitrogen and oxygen atoms in total. The quantitative estimate of drug-likeness (QED) is 0.137. The topological polar surface area (TPSA) is 331 Å².